The van der Waals surface area contributed by atoms with Gasteiger partial charge in [0.05, 0.1) is 6.04 Å². The fraction of sp³-hybridized carbons (Fsp3) is 0.350. The van der Waals surface area contributed by atoms with Crippen LogP contribution in [0.1, 0.15) is 17.2 Å². The van der Waals surface area contributed by atoms with E-state index >= 15 is 0 Å². The van der Waals surface area contributed by atoms with E-state index in [1.807, 2.05) is 25.1 Å². The highest BCUT2D eigenvalue weighted by atomic mass is 127. The average Bonchev–Trinajstić information content (AvgIpc) is 2.65. The largest absolute Gasteiger partial charge is 0.434 e. The molecule has 0 saturated carbocycles. The molecule has 2 rings (SSSR count). The van der Waals surface area contributed by atoms with E-state index in [2.05, 4.69) is 20.4 Å². The molecule has 2 aromatic carbocycles. The van der Waals surface area contributed by atoms with Gasteiger partial charge in [-0.15, -0.1) is 24.0 Å². The van der Waals surface area contributed by atoms with Crippen molar-refractivity contribution in [3.05, 3.63) is 65.5 Å². The van der Waals surface area contributed by atoms with Crippen LogP contribution in [0.4, 0.5) is 13.2 Å². The predicted octanol–water partition coefficient (Wildman–Crippen LogP) is 4.01. The molecule has 1 atom stereocenters. The number of para-hydroxylation sites is 1. The lowest BCUT2D eigenvalue weighted by molar-refractivity contribution is -0.0504. The van der Waals surface area contributed by atoms with Crippen LogP contribution in [0.5, 0.6) is 5.75 Å². The van der Waals surface area contributed by atoms with E-state index in [1.54, 1.807) is 31.3 Å². The lowest BCUT2D eigenvalue weighted by Crippen LogP contribution is -2.41. The maximum Gasteiger partial charge on any atom is 0.387 e. The molecule has 0 amide bonds. The molecule has 0 bridgehead atoms. The first-order valence-corrected chi connectivity index (χ1v) is 8.79. The normalized spacial score (nSPS) is 12.5. The Balaban J connectivity index is 0.00000420. The Morgan fingerprint density at radius 3 is 2.45 bits per heavy atom. The quantitative estimate of drug-likeness (QED) is 0.313. The van der Waals surface area contributed by atoms with Crippen LogP contribution in [0.15, 0.2) is 53.5 Å². The summed E-state index contributed by atoms with van der Waals surface area (Å²) in [4.78, 5) is 6.12. The van der Waals surface area contributed by atoms with Gasteiger partial charge in [0.15, 0.2) is 5.96 Å². The van der Waals surface area contributed by atoms with Gasteiger partial charge >= 0.3 is 6.61 Å². The molecule has 9 heteroatoms. The van der Waals surface area contributed by atoms with Gasteiger partial charge in [-0.3, -0.25) is 4.99 Å². The maximum absolute atomic E-state index is 13.6. The van der Waals surface area contributed by atoms with Crippen LogP contribution in [0.2, 0.25) is 0 Å². The summed E-state index contributed by atoms with van der Waals surface area (Å²) in [6.45, 7) is -2.15. The Bertz CT molecular complexity index is 790. The summed E-state index contributed by atoms with van der Waals surface area (Å²) in [7, 11) is 5.43. The molecule has 29 heavy (non-hydrogen) atoms. The number of likely N-dealkylation sites (N-methyl/N-ethyl adjacent to an activating group) is 1. The molecule has 0 aliphatic rings. The number of halogens is 4. The van der Waals surface area contributed by atoms with E-state index < -0.39 is 6.61 Å². The van der Waals surface area contributed by atoms with Gasteiger partial charge in [-0.05, 0) is 37.9 Å². The molecular formula is C20H26F3IN4O. The summed E-state index contributed by atoms with van der Waals surface area (Å²) in [5.41, 5.74) is 1.42. The molecule has 0 heterocycles. The van der Waals surface area contributed by atoms with Gasteiger partial charge in [-0.25, -0.2) is 4.39 Å². The molecule has 0 radical (unpaired) electrons. The molecule has 2 aromatic rings. The molecule has 0 saturated heterocycles. The number of ether oxygens (including phenoxy) is 1. The molecule has 2 N–H and O–H groups in total. The Morgan fingerprint density at radius 1 is 1.10 bits per heavy atom. The van der Waals surface area contributed by atoms with Gasteiger partial charge in [0, 0.05) is 25.7 Å². The number of alkyl halides is 2. The zero-order valence-corrected chi connectivity index (χ0v) is 18.9. The van der Waals surface area contributed by atoms with Crippen LogP contribution in [-0.4, -0.2) is 45.2 Å². The van der Waals surface area contributed by atoms with E-state index in [0.717, 1.165) is 5.56 Å². The smallest absolute Gasteiger partial charge is 0.387 e. The van der Waals surface area contributed by atoms with E-state index in [-0.39, 0.29) is 48.1 Å². The average molecular weight is 522 g/mol. The van der Waals surface area contributed by atoms with Crippen LogP contribution in [0.3, 0.4) is 0 Å². The Kier molecular flexibility index (Phi) is 10.8. The zero-order valence-electron chi connectivity index (χ0n) is 16.5. The molecule has 1 unspecified atom stereocenters. The summed E-state index contributed by atoms with van der Waals surface area (Å²) >= 11 is 0. The van der Waals surface area contributed by atoms with E-state index in [0.29, 0.717) is 18.1 Å². The van der Waals surface area contributed by atoms with Crippen molar-refractivity contribution >= 4 is 29.9 Å². The summed E-state index contributed by atoms with van der Waals surface area (Å²) in [5, 5.41) is 6.26. The number of hydrogen-bond donors (Lipinski definition) is 2. The molecule has 5 nitrogen and oxygen atoms in total. The third-order valence-electron chi connectivity index (χ3n) is 4.18. The Labute approximate surface area is 186 Å². The fourth-order valence-electron chi connectivity index (χ4n) is 2.77. The van der Waals surface area contributed by atoms with Crippen molar-refractivity contribution in [3.63, 3.8) is 0 Å². The second-order valence-electron chi connectivity index (χ2n) is 6.33. The van der Waals surface area contributed by atoms with Gasteiger partial charge in [0.25, 0.3) is 0 Å². The first-order valence-electron chi connectivity index (χ1n) is 8.79. The number of benzene rings is 2. The SMILES string of the molecule is CN=C(NCc1ccccc1OC(F)F)NCC(c1cccc(F)c1)N(C)C.I. The second-order valence-corrected chi connectivity index (χ2v) is 6.33. The van der Waals surface area contributed by atoms with E-state index in [1.165, 1.54) is 18.2 Å². The van der Waals surface area contributed by atoms with Gasteiger partial charge in [0.2, 0.25) is 0 Å². The molecular weight excluding hydrogens is 496 g/mol. The molecule has 0 aliphatic heterocycles. The molecule has 0 aliphatic carbocycles. The molecule has 0 aromatic heterocycles. The number of rotatable bonds is 8. The predicted molar refractivity (Wildman–Crippen MR) is 120 cm³/mol. The van der Waals surface area contributed by atoms with Crippen molar-refractivity contribution in [3.8, 4) is 5.75 Å². The fourth-order valence-corrected chi connectivity index (χ4v) is 2.77. The highest BCUT2D eigenvalue weighted by Gasteiger charge is 2.16. The monoisotopic (exact) mass is 522 g/mol. The first-order chi connectivity index (χ1) is 13.4. The standard InChI is InChI=1S/C20H25F3N4O.HI/c1-24-20(25-12-15-7-4-5-10-18(15)28-19(22)23)26-13-17(27(2)3)14-8-6-9-16(21)11-14;/h4-11,17,19H,12-13H2,1-3H3,(H2,24,25,26);1H. The number of hydrogen-bond acceptors (Lipinski definition) is 3. The summed E-state index contributed by atoms with van der Waals surface area (Å²) < 4.78 is 43.1. The topological polar surface area (TPSA) is 48.9 Å². The van der Waals surface area contributed by atoms with Crippen LogP contribution < -0.4 is 15.4 Å². The number of nitrogens with one attached hydrogen (secondary N) is 2. The number of guanidine groups is 1. The lowest BCUT2D eigenvalue weighted by Gasteiger charge is -2.26. The third-order valence-corrected chi connectivity index (χ3v) is 4.18. The number of aliphatic imine (C=N–C) groups is 1. The van der Waals surface area contributed by atoms with Gasteiger partial charge in [-0.2, -0.15) is 8.78 Å². The Morgan fingerprint density at radius 2 is 1.83 bits per heavy atom. The zero-order chi connectivity index (χ0) is 20.5. The lowest BCUT2D eigenvalue weighted by atomic mass is 10.1. The summed E-state index contributed by atoms with van der Waals surface area (Å²) in [6, 6.07) is 12.9. The summed E-state index contributed by atoms with van der Waals surface area (Å²) in [6.07, 6.45) is 0. The molecule has 0 fully saturated rings. The van der Waals surface area contributed by atoms with Crippen LogP contribution in [-0.2, 0) is 6.54 Å². The van der Waals surface area contributed by atoms with E-state index in [9.17, 15) is 13.2 Å². The third kappa shape index (κ3) is 8.09. The number of nitrogens with zero attached hydrogens (tertiary/aromatic N) is 2. The molecule has 0 spiro atoms. The first kappa shape index (κ1) is 25.0. The van der Waals surface area contributed by atoms with Gasteiger partial charge in [-0.1, -0.05) is 30.3 Å². The second kappa shape index (κ2) is 12.5. The van der Waals surface area contributed by atoms with Gasteiger partial charge < -0.3 is 20.3 Å². The summed E-state index contributed by atoms with van der Waals surface area (Å²) in [5.74, 6) is 0.323. The minimum Gasteiger partial charge on any atom is -0.434 e. The van der Waals surface area contributed by atoms with E-state index in [4.69, 9.17) is 0 Å². The van der Waals surface area contributed by atoms with Crippen molar-refractivity contribution in [1.29, 1.82) is 0 Å². The van der Waals surface area contributed by atoms with Crippen molar-refractivity contribution in [1.82, 2.24) is 15.5 Å². The molecule has 160 valence electrons. The highest BCUT2D eigenvalue weighted by Crippen LogP contribution is 2.20. The van der Waals surface area contributed by atoms with Crippen LogP contribution in [0.25, 0.3) is 0 Å². The van der Waals surface area contributed by atoms with Crippen molar-refractivity contribution in [2.75, 3.05) is 27.7 Å². The van der Waals surface area contributed by atoms with Crippen molar-refractivity contribution in [2.24, 2.45) is 4.99 Å². The van der Waals surface area contributed by atoms with Crippen molar-refractivity contribution < 1.29 is 17.9 Å². The minimum absolute atomic E-state index is 0. The van der Waals surface area contributed by atoms with Crippen molar-refractivity contribution in [2.45, 2.75) is 19.2 Å². The Hall–Kier alpha value is -2.01. The van der Waals surface area contributed by atoms with Crippen LogP contribution in [0, 0.1) is 5.82 Å². The minimum atomic E-state index is -2.88. The van der Waals surface area contributed by atoms with Crippen LogP contribution >= 0.6 is 24.0 Å². The maximum atomic E-state index is 13.6. The van der Waals surface area contributed by atoms with Gasteiger partial charge in [0.1, 0.15) is 11.6 Å². The highest BCUT2D eigenvalue weighted by molar-refractivity contribution is 14.0.